The Bertz CT molecular complexity index is 1440. The Kier molecular flexibility index (Phi) is 9.57. The summed E-state index contributed by atoms with van der Waals surface area (Å²) >= 11 is 7.01. The van der Waals surface area contributed by atoms with Gasteiger partial charge in [-0.25, -0.2) is 0 Å². The third kappa shape index (κ3) is 7.07. The number of hydrogen-bond donors (Lipinski definition) is 0. The maximum Gasteiger partial charge on any atom is 0.129 e. The molecule has 1 saturated heterocycles. The van der Waals surface area contributed by atoms with Crippen LogP contribution in [0.1, 0.15) is 64.8 Å². The highest BCUT2D eigenvalue weighted by molar-refractivity contribution is 6.32. The van der Waals surface area contributed by atoms with Crippen LogP contribution in [0.5, 0.6) is 5.75 Å². The lowest BCUT2D eigenvalue weighted by Crippen LogP contribution is -2.36. The van der Waals surface area contributed by atoms with Gasteiger partial charge in [-0.1, -0.05) is 103 Å². The predicted molar refractivity (Wildman–Crippen MR) is 167 cm³/mol. The summed E-state index contributed by atoms with van der Waals surface area (Å²) in [5, 5.41) is 0.821. The Morgan fingerprint density at radius 2 is 1.50 bits per heavy atom. The van der Waals surface area contributed by atoms with Crippen LogP contribution in [0.3, 0.4) is 0 Å². The molecule has 42 heavy (non-hydrogen) atoms. The van der Waals surface area contributed by atoms with E-state index in [9.17, 15) is 0 Å². The van der Waals surface area contributed by atoms with Crippen molar-refractivity contribution in [3.63, 3.8) is 0 Å². The predicted octanol–water partition coefficient (Wildman–Crippen LogP) is 8.45. The lowest BCUT2D eigenvalue weighted by molar-refractivity contribution is -0.142. The van der Waals surface area contributed by atoms with Crippen molar-refractivity contribution in [2.24, 2.45) is 0 Å². The lowest BCUT2D eigenvalue weighted by Gasteiger charge is -2.36. The Morgan fingerprint density at radius 3 is 2.21 bits per heavy atom. The summed E-state index contributed by atoms with van der Waals surface area (Å²) in [6, 6.07) is 31.7. The van der Waals surface area contributed by atoms with Crippen LogP contribution in [0, 0.1) is 0 Å². The van der Waals surface area contributed by atoms with Gasteiger partial charge in [0.2, 0.25) is 0 Å². The van der Waals surface area contributed by atoms with Crippen LogP contribution in [-0.4, -0.2) is 25.4 Å². The van der Waals surface area contributed by atoms with Crippen molar-refractivity contribution in [2.45, 2.75) is 70.6 Å². The third-order valence-corrected chi connectivity index (χ3v) is 8.76. The van der Waals surface area contributed by atoms with Gasteiger partial charge in [0, 0.05) is 30.4 Å². The van der Waals surface area contributed by atoms with E-state index in [1.54, 1.807) is 0 Å². The topological polar surface area (TPSA) is 36.9 Å². The zero-order valence-corrected chi connectivity index (χ0v) is 25.0. The molecule has 0 saturated carbocycles. The Labute approximate surface area is 254 Å². The van der Waals surface area contributed by atoms with Gasteiger partial charge < -0.3 is 18.9 Å². The number of ether oxygens (including phenoxy) is 4. The quantitative estimate of drug-likeness (QED) is 0.178. The fourth-order valence-corrected chi connectivity index (χ4v) is 6.30. The molecule has 4 aromatic rings. The van der Waals surface area contributed by atoms with E-state index in [2.05, 4.69) is 73.7 Å². The van der Waals surface area contributed by atoms with Crippen molar-refractivity contribution < 1.29 is 18.9 Å². The lowest BCUT2D eigenvalue weighted by atomic mass is 9.91. The van der Waals surface area contributed by atoms with Gasteiger partial charge in [0.15, 0.2) is 0 Å². The van der Waals surface area contributed by atoms with Gasteiger partial charge in [0.1, 0.15) is 5.75 Å². The molecule has 3 unspecified atom stereocenters. The van der Waals surface area contributed by atoms with Crippen LogP contribution in [0.15, 0.2) is 91.0 Å². The van der Waals surface area contributed by atoms with E-state index in [1.807, 2.05) is 24.3 Å². The summed E-state index contributed by atoms with van der Waals surface area (Å²) < 4.78 is 25.6. The molecule has 0 amide bonds. The third-order valence-electron chi connectivity index (χ3n) is 8.29. The largest absolute Gasteiger partial charge is 0.493 e. The molecule has 5 heteroatoms. The average molecular weight is 583 g/mol. The van der Waals surface area contributed by atoms with Gasteiger partial charge in [-0.05, 0) is 46.7 Å². The average Bonchev–Trinajstić information content (AvgIpc) is 3.53. The number of halogens is 1. The standard InChI is InChI=1S/C37H39ClO4/c1-2-26-13-15-27(16-14-26)19-30-20-34(37-33(36(30)38)17-18-40-37)35-22-31(41-24-29-11-7-4-8-12-29)21-32(42-35)25-39-23-28-9-5-3-6-10-28/h3-16,20,31-32,35H,2,17-19,21-25H2,1H3. The van der Waals surface area contributed by atoms with Crippen LogP contribution < -0.4 is 4.74 Å². The molecule has 0 radical (unpaired) electrons. The van der Waals surface area contributed by atoms with E-state index in [-0.39, 0.29) is 18.3 Å². The molecule has 0 bridgehead atoms. The minimum atomic E-state index is -0.171. The first kappa shape index (κ1) is 28.9. The second-order valence-corrected chi connectivity index (χ2v) is 11.7. The molecule has 0 aromatic heterocycles. The molecular formula is C37H39ClO4. The van der Waals surface area contributed by atoms with Gasteiger partial charge in [-0.2, -0.15) is 0 Å². The zero-order valence-electron chi connectivity index (χ0n) is 24.3. The van der Waals surface area contributed by atoms with Crippen LogP contribution in [0.4, 0.5) is 0 Å². The SMILES string of the molecule is CCc1ccc(Cc2cc(C3CC(OCc4ccccc4)CC(COCc4ccccc4)O3)c3c(c2Cl)CCO3)cc1. The van der Waals surface area contributed by atoms with E-state index in [0.717, 1.165) is 65.1 Å². The normalized spacial score (nSPS) is 19.8. The molecule has 4 nitrogen and oxygen atoms in total. The first-order valence-electron chi connectivity index (χ1n) is 15.1. The van der Waals surface area contributed by atoms with E-state index in [1.165, 1.54) is 16.7 Å². The second-order valence-electron chi connectivity index (χ2n) is 11.3. The van der Waals surface area contributed by atoms with Crippen LogP contribution in [0.25, 0.3) is 0 Å². The number of aryl methyl sites for hydroxylation is 1. The smallest absolute Gasteiger partial charge is 0.129 e. The Morgan fingerprint density at radius 1 is 0.810 bits per heavy atom. The molecule has 2 aliphatic heterocycles. The fraction of sp³-hybridized carbons (Fsp3) is 0.351. The number of fused-ring (bicyclic) bond motifs is 1. The summed E-state index contributed by atoms with van der Waals surface area (Å²) in [4.78, 5) is 0. The van der Waals surface area contributed by atoms with Crippen molar-refractivity contribution in [3.8, 4) is 5.75 Å². The number of hydrogen-bond acceptors (Lipinski definition) is 4. The van der Waals surface area contributed by atoms with Gasteiger partial charge in [0.05, 0.1) is 49.8 Å². The summed E-state index contributed by atoms with van der Waals surface area (Å²) in [7, 11) is 0. The van der Waals surface area contributed by atoms with E-state index < -0.39 is 0 Å². The first-order valence-corrected chi connectivity index (χ1v) is 15.5. The summed E-state index contributed by atoms with van der Waals surface area (Å²) in [5.74, 6) is 0.891. The second kappa shape index (κ2) is 13.9. The Hall–Kier alpha value is -3.15. The van der Waals surface area contributed by atoms with E-state index in [4.69, 9.17) is 30.5 Å². The van der Waals surface area contributed by atoms with Crippen LogP contribution >= 0.6 is 11.6 Å². The fourth-order valence-electron chi connectivity index (χ4n) is 6.00. The molecule has 1 fully saturated rings. The molecule has 0 spiro atoms. The molecule has 0 aliphatic carbocycles. The van der Waals surface area contributed by atoms with Crippen molar-refractivity contribution in [1.82, 2.24) is 0 Å². The molecule has 0 N–H and O–H groups in total. The Balaban J connectivity index is 1.24. The van der Waals surface area contributed by atoms with Crippen LogP contribution in [-0.2, 0) is 46.7 Å². The highest BCUT2D eigenvalue weighted by atomic mass is 35.5. The van der Waals surface area contributed by atoms with Gasteiger partial charge in [-0.3, -0.25) is 0 Å². The summed E-state index contributed by atoms with van der Waals surface area (Å²) in [6.07, 6.45) is 3.93. The number of rotatable bonds is 11. The highest BCUT2D eigenvalue weighted by Gasteiger charge is 2.35. The summed E-state index contributed by atoms with van der Waals surface area (Å²) in [6.45, 7) is 4.45. The maximum atomic E-state index is 7.01. The molecular weight excluding hydrogens is 544 g/mol. The monoisotopic (exact) mass is 582 g/mol. The minimum absolute atomic E-state index is 0.0343. The molecule has 4 aromatic carbocycles. The minimum Gasteiger partial charge on any atom is -0.493 e. The first-order chi connectivity index (χ1) is 20.7. The maximum absolute atomic E-state index is 7.01. The molecule has 218 valence electrons. The number of benzene rings is 4. The van der Waals surface area contributed by atoms with Crippen molar-refractivity contribution >= 4 is 11.6 Å². The van der Waals surface area contributed by atoms with E-state index in [0.29, 0.717) is 26.4 Å². The van der Waals surface area contributed by atoms with Gasteiger partial charge in [0.25, 0.3) is 0 Å². The van der Waals surface area contributed by atoms with Crippen molar-refractivity contribution in [2.75, 3.05) is 13.2 Å². The molecule has 6 rings (SSSR count). The van der Waals surface area contributed by atoms with Gasteiger partial charge >= 0.3 is 0 Å². The summed E-state index contributed by atoms with van der Waals surface area (Å²) in [5.41, 5.74) is 8.21. The highest BCUT2D eigenvalue weighted by Crippen LogP contribution is 2.45. The van der Waals surface area contributed by atoms with Crippen LogP contribution in [0.2, 0.25) is 5.02 Å². The zero-order chi connectivity index (χ0) is 28.7. The molecule has 3 atom stereocenters. The van der Waals surface area contributed by atoms with Crippen molar-refractivity contribution in [3.05, 3.63) is 135 Å². The molecule has 2 aliphatic rings. The van der Waals surface area contributed by atoms with E-state index >= 15 is 0 Å². The molecule has 2 heterocycles. The van der Waals surface area contributed by atoms with Gasteiger partial charge in [-0.15, -0.1) is 0 Å². The van der Waals surface area contributed by atoms with Crippen molar-refractivity contribution in [1.29, 1.82) is 0 Å².